The molecule has 0 bridgehead atoms. The minimum atomic E-state index is -3.94. The van der Waals surface area contributed by atoms with Gasteiger partial charge in [0.15, 0.2) is 0 Å². The summed E-state index contributed by atoms with van der Waals surface area (Å²) >= 11 is 5.83. The number of carbonyl (C=O) groups is 2. The van der Waals surface area contributed by atoms with Crippen LogP contribution in [0.2, 0.25) is 5.02 Å². The van der Waals surface area contributed by atoms with E-state index in [0.29, 0.717) is 30.0 Å². The first kappa shape index (κ1) is 26.9. The van der Waals surface area contributed by atoms with Crippen LogP contribution in [-0.2, 0) is 26.2 Å². The van der Waals surface area contributed by atoms with Crippen LogP contribution in [0.4, 0.5) is 0 Å². The fourth-order valence-electron chi connectivity index (χ4n) is 3.11. The van der Waals surface area contributed by atoms with Gasteiger partial charge in [-0.25, -0.2) is 13.1 Å². The van der Waals surface area contributed by atoms with Crippen LogP contribution in [0.25, 0.3) is 0 Å². The lowest BCUT2D eigenvalue weighted by Crippen LogP contribution is -2.55. The number of nitrogens with one attached hydrogen (secondary N) is 2. The zero-order chi connectivity index (χ0) is 24.6. The monoisotopic (exact) mass is 497 g/mol. The SMILES string of the molecule is CCC[C@@H](C(=O)NC(C)(C)CC)N(Cc1ccco1)C(=O)CNS(=O)(=O)c1ccc(Cl)cc1. The normalized spacial score (nSPS) is 12.9. The quantitative estimate of drug-likeness (QED) is 0.464. The van der Waals surface area contributed by atoms with Crippen molar-refractivity contribution in [1.29, 1.82) is 0 Å². The summed E-state index contributed by atoms with van der Waals surface area (Å²) in [6, 6.07) is 8.24. The van der Waals surface area contributed by atoms with Crippen molar-refractivity contribution in [3.63, 3.8) is 0 Å². The maximum atomic E-state index is 13.2. The molecule has 2 amide bonds. The van der Waals surface area contributed by atoms with Crippen molar-refractivity contribution in [3.8, 4) is 0 Å². The smallest absolute Gasteiger partial charge is 0.243 e. The molecular weight excluding hydrogens is 466 g/mol. The molecule has 2 rings (SSSR count). The molecule has 33 heavy (non-hydrogen) atoms. The highest BCUT2D eigenvalue weighted by Gasteiger charge is 2.33. The second kappa shape index (κ2) is 11.7. The van der Waals surface area contributed by atoms with Crippen molar-refractivity contribution in [2.75, 3.05) is 6.54 Å². The Bertz CT molecular complexity index is 1020. The van der Waals surface area contributed by atoms with E-state index in [0.717, 1.165) is 0 Å². The largest absolute Gasteiger partial charge is 0.467 e. The topological polar surface area (TPSA) is 109 Å². The van der Waals surface area contributed by atoms with E-state index >= 15 is 0 Å². The predicted molar refractivity (Wildman–Crippen MR) is 127 cm³/mol. The minimum absolute atomic E-state index is 0.00942. The molecule has 0 unspecified atom stereocenters. The molecule has 0 spiro atoms. The number of hydrogen-bond acceptors (Lipinski definition) is 5. The zero-order valence-corrected chi connectivity index (χ0v) is 21.0. The summed E-state index contributed by atoms with van der Waals surface area (Å²) < 4.78 is 33.0. The summed E-state index contributed by atoms with van der Waals surface area (Å²) in [6.45, 7) is 7.24. The molecule has 10 heteroatoms. The molecule has 0 aliphatic rings. The van der Waals surface area contributed by atoms with E-state index in [2.05, 4.69) is 10.0 Å². The molecule has 2 N–H and O–H groups in total. The molecule has 0 aliphatic carbocycles. The summed E-state index contributed by atoms with van der Waals surface area (Å²) in [7, 11) is -3.94. The third-order valence-electron chi connectivity index (χ3n) is 5.35. The molecule has 2 aromatic rings. The number of hydrogen-bond donors (Lipinski definition) is 2. The third-order valence-corrected chi connectivity index (χ3v) is 7.02. The van der Waals surface area contributed by atoms with E-state index in [1.165, 1.54) is 35.4 Å². The Balaban J connectivity index is 2.25. The Kier molecular flexibility index (Phi) is 9.51. The van der Waals surface area contributed by atoms with Crippen LogP contribution in [0.15, 0.2) is 52.0 Å². The van der Waals surface area contributed by atoms with E-state index in [1.807, 2.05) is 27.7 Å². The predicted octanol–water partition coefficient (Wildman–Crippen LogP) is 3.71. The van der Waals surface area contributed by atoms with E-state index in [1.54, 1.807) is 12.1 Å². The van der Waals surface area contributed by atoms with E-state index in [9.17, 15) is 18.0 Å². The first-order chi connectivity index (χ1) is 15.5. The van der Waals surface area contributed by atoms with Crippen LogP contribution in [0.5, 0.6) is 0 Å². The van der Waals surface area contributed by atoms with Gasteiger partial charge >= 0.3 is 0 Å². The number of amides is 2. The van der Waals surface area contributed by atoms with Gasteiger partial charge in [-0.1, -0.05) is 31.9 Å². The molecule has 1 heterocycles. The van der Waals surface area contributed by atoms with Crippen LogP contribution in [0.1, 0.15) is 52.7 Å². The summed E-state index contributed by atoms with van der Waals surface area (Å²) in [5.74, 6) is -0.330. The van der Waals surface area contributed by atoms with Gasteiger partial charge in [0.05, 0.1) is 24.2 Å². The van der Waals surface area contributed by atoms with Gasteiger partial charge in [0.25, 0.3) is 0 Å². The van der Waals surface area contributed by atoms with Crippen LogP contribution in [-0.4, -0.2) is 43.3 Å². The van der Waals surface area contributed by atoms with Crippen molar-refractivity contribution < 1.29 is 22.4 Å². The fraction of sp³-hybridized carbons (Fsp3) is 0.478. The highest BCUT2D eigenvalue weighted by atomic mass is 35.5. The van der Waals surface area contributed by atoms with Crippen LogP contribution in [0.3, 0.4) is 0 Å². The van der Waals surface area contributed by atoms with Gasteiger partial charge in [0.1, 0.15) is 11.8 Å². The first-order valence-corrected chi connectivity index (χ1v) is 12.7. The summed E-state index contributed by atoms with van der Waals surface area (Å²) in [5.41, 5.74) is -0.446. The zero-order valence-electron chi connectivity index (χ0n) is 19.4. The molecule has 1 aromatic carbocycles. The van der Waals surface area contributed by atoms with E-state index < -0.39 is 34.1 Å². The number of halogens is 1. The van der Waals surface area contributed by atoms with Crippen molar-refractivity contribution in [3.05, 3.63) is 53.4 Å². The summed E-state index contributed by atoms with van der Waals surface area (Å²) in [6.07, 6.45) is 3.27. The molecule has 182 valence electrons. The molecule has 0 aliphatic heterocycles. The average Bonchev–Trinajstić information content (AvgIpc) is 3.28. The van der Waals surface area contributed by atoms with Gasteiger partial charge in [0.2, 0.25) is 21.8 Å². The highest BCUT2D eigenvalue weighted by Crippen LogP contribution is 2.17. The van der Waals surface area contributed by atoms with E-state index in [-0.39, 0.29) is 17.3 Å². The van der Waals surface area contributed by atoms with Crippen molar-refractivity contribution in [2.45, 2.75) is 70.0 Å². The lowest BCUT2D eigenvalue weighted by molar-refractivity contribution is -0.141. The highest BCUT2D eigenvalue weighted by molar-refractivity contribution is 7.89. The Morgan fingerprint density at radius 1 is 1.15 bits per heavy atom. The molecule has 0 saturated heterocycles. The number of rotatable bonds is 12. The maximum absolute atomic E-state index is 13.2. The Hall–Kier alpha value is -2.36. The van der Waals surface area contributed by atoms with Gasteiger partial charge in [-0.3, -0.25) is 9.59 Å². The van der Waals surface area contributed by atoms with Gasteiger partial charge in [-0.2, -0.15) is 0 Å². The molecule has 1 aromatic heterocycles. The number of furan rings is 1. The molecule has 8 nitrogen and oxygen atoms in total. The summed E-state index contributed by atoms with van der Waals surface area (Å²) in [4.78, 5) is 27.7. The fourth-order valence-corrected chi connectivity index (χ4v) is 4.21. The Morgan fingerprint density at radius 3 is 2.36 bits per heavy atom. The molecule has 0 saturated carbocycles. The number of benzene rings is 1. The number of nitrogens with zero attached hydrogens (tertiary/aromatic N) is 1. The first-order valence-electron chi connectivity index (χ1n) is 10.9. The van der Waals surface area contributed by atoms with Crippen LogP contribution < -0.4 is 10.0 Å². The molecule has 1 atom stereocenters. The van der Waals surface area contributed by atoms with E-state index in [4.69, 9.17) is 16.0 Å². The van der Waals surface area contributed by atoms with Gasteiger partial charge in [0, 0.05) is 10.6 Å². The number of sulfonamides is 1. The lowest BCUT2D eigenvalue weighted by Gasteiger charge is -2.34. The van der Waals surface area contributed by atoms with Crippen molar-refractivity contribution in [1.82, 2.24) is 14.9 Å². The minimum Gasteiger partial charge on any atom is -0.467 e. The van der Waals surface area contributed by atoms with Gasteiger partial charge in [-0.15, -0.1) is 0 Å². The van der Waals surface area contributed by atoms with Crippen LogP contribution >= 0.6 is 11.6 Å². The number of carbonyl (C=O) groups excluding carboxylic acids is 2. The van der Waals surface area contributed by atoms with Gasteiger partial charge < -0.3 is 14.6 Å². The lowest BCUT2D eigenvalue weighted by atomic mass is 10.00. The molecular formula is C23H32ClN3O5S. The second-order valence-electron chi connectivity index (χ2n) is 8.41. The van der Waals surface area contributed by atoms with Gasteiger partial charge in [-0.05, 0) is 63.1 Å². The second-order valence-corrected chi connectivity index (χ2v) is 10.6. The Labute approximate surface area is 200 Å². The van der Waals surface area contributed by atoms with Crippen LogP contribution in [0, 0.1) is 0 Å². The molecule has 0 fully saturated rings. The Morgan fingerprint density at radius 2 is 1.82 bits per heavy atom. The standard InChI is InChI=1S/C23H32ClN3O5S/c1-5-8-20(22(29)26-23(3,4)6-2)27(16-18-9-7-14-32-18)21(28)15-25-33(30,31)19-12-10-17(24)11-13-19/h7,9-14,20,25H,5-6,8,15-16H2,1-4H3,(H,26,29)/t20-/m0/s1. The third kappa shape index (κ3) is 7.87. The van der Waals surface area contributed by atoms with Crippen molar-refractivity contribution >= 4 is 33.4 Å². The molecule has 0 radical (unpaired) electrons. The van der Waals surface area contributed by atoms with Crippen molar-refractivity contribution in [2.24, 2.45) is 0 Å². The maximum Gasteiger partial charge on any atom is 0.243 e. The summed E-state index contributed by atoms with van der Waals surface area (Å²) in [5, 5.41) is 3.40. The average molecular weight is 498 g/mol.